The molecule has 0 fully saturated rings. The van der Waals surface area contributed by atoms with E-state index in [1.54, 1.807) is 6.92 Å². The third kappa shape index (κ3) is 3.80. The first-order chi connectivity index (χ1) is 8.24. The molecule has 5 nitrogen and oxygen atoms in total. The molecule has 0 saturated heterocycles. The molecule has 1 aromatic rings. The fraction of sp³-hybridized carbons (Fsp3) is 0.583. The first-order valence-corrected chi connectivity index (χ1v) is 6.46. The number of nitrogens with zero attached hydrogens (tertiary/aromatic N) is 1. The minimum Gasteiger partial charge on any atom is -0.476 e. The largest absolute Gasteiger partial charge is 0.476 e. The summed E-state index contributed by atoms with van der Waals surface area (Å²) in [6.07, 6.45) is 0.561. The average molecular weight is 271 g/mol. The Morgan fingerprint density at radius 1 is 1.39 bits per heavy atom. The van der Waals surface area contributed by atoms with Crippen LogP contribution < -0.4 is 0 Å². The second-order valence-electron chi connectivity index (χ2n) is 5.05. The van der Waals surface area contributed by atoms with Crippen molar-refractivity contribution in [3.8, 4) is 0 Å². The van der Waals surface area contributed by atoms with Gasteiger partial charge in [0.2, 0.25) is 5.01 Å². The normalized spacial score (nSPS) is 11.3. The van der Waals surface area contributed by atoms with Gasteiger partial charge in [-0.2, -0.15) is 0 Å². The van der Waals surface area contributed by atoms with E-state index in [0.29, 0.717) is 11.3 Å². The molecule has 0 aliphatic carbocycles. The SMILES string of the molecule is CCOC(=O)c1nc(C(=O)O)c(CC(C)(C)C)s1. The second kappa shape index (κ2) is 5.48. The molecule has 0 saturated carbocycles. The smallest absolute Gasteiger partial charge is 0.367 e. The van der Waals surface area contributed by atoms with Crippen LogP contribution in [-0.4, -0.2) is 28.6 Å². The summed E-state index contributed by atoms with van der Waals surface area (Å²) in [5.74, 6) is -1.67. The zero-order valence-electron chi connectivity index (χ0n) is 10.9. The number of carboxylic acids is 1. The number of aromatic nitrogens is 1. The molecule has 0 unspecified atom stereocenters. The Labute approximate surface area is 110 Å². The predicted octanol–water partition coefficient (Wildman–Crippen LogP) is 2.61. The summed E-state index contributed by atoms with van der Waals surface area (Å²) in [5.41, 5.74) is -0.110. The molecule has 1 heterocycles. The van der Waals surface area contributed by atoms with Crippen molar-refractivity contribution in [1.29, 1.82) is 0 Å². The lowest BCUT2D eigenvalue weighted by atomic mass is 9.91. The molecule has 1 aromatic heterocycles. The Kier molecular flexibility index (Phi) is 4.45. The third-order valence-corrected chi connectivity index (χ3v) is 3.08. The van der Waals surface area contributed by atoms with Gasteiger partial charge < -0.3 is 9.84 Å². The van der Waals surface area contributed by atoms with Gasteiger partial charge in [-0.1, -0.05) is 20.8 Å². The molecule has 0 aromatic carbocycles. The average Bonchev–Trinajstić information content (AvgIpc) is 2.59. The van der Waals surface area contributed by atoms with Crippen LogP contribution in [0.4, 0.5) is 0 Å². The molecule has 1 N–H and O–H groups in total. The van der Waals surface area contributed by atoms with E-state index in [2.05, 4.69) is 4.98 Å². The fourth-order valence-electron chi connectivity index (χ4n) is 1.40. The quantitative estimate of drug-likeness (QED) is 0.852. The summed E-state index contributed by atoms with van der Waals surface area (Å²) in [6, 6.07) is 0. The van der Waals surface area contributed by atoms with E-state index in [1.165, 1.54) is 0 Å². The Bertz CT molecular complexity index is 459. The van der Waals surface area contributed by atoms with Crippen LogP contribution >= 0.6 is 11.3 Å². The number of rotatable bonds is 4. The van der Waals surface area contributed by atoms with E-state index in [9.17, 15) is 9.59 Å². The topological polar surface area (TPSA) is 76.5 Å². The number of carbonyl (C=O) groups is 2. The maximum absolute atomic E-state index is 11.5. The lowest BCUT2D eigenvalue weighted by Crippen LogP contribution is -2.11. The molecule has 100 valence electrons. The molecule has 18 heavy (non-hydrogen) atoms. The van der Waals surface area contributed by atoms with Gasteiger partial charge in [0.1, 0.15) is 0 Å². The molecule has 0 aliphatic heterocycles. The first-order valence-electron chi connectivity index (χ1n) is 5.64. The zero-order chi connectivity index (χ0) is 13.9. The Morgan fingerprint density at radius 3 is 2.44 bits per heavy atom. The van der Waals surface area contributed by atoms with E-state index in [-0.39, 0.29) is 22.7 Å². The number of esters is 1. The van der Waals surface area contributed by atoms with Crippen molar-refractivity contribution in [2.75, 3.05) is 6.61 Å². The highest BCUT2D eigenvalue weighted by atomic mass is 32.1. The summed E-state index contributed by atoms with van der Waals surface area (Å²) in [7, 11) is 0. The number of hydrogen-bond donors (Lipinski definition) is 1. The fourth-order valence-corrected chi connectivity index (χ4v) is 2.65. The van der Waals surface area contributed by atoms with Gasteiger partial charge in [0.05, 0.1) is 6.61 Å². The van der Waals surface area contributed by atoms with Gasteiger partial charge in [-0.15, -0.1) is 11.3 Å². The van der Waals surface area contributed by atoms with Crippen LogP contribution in [0.5, 0.6) is 0 Å². The van der Waals surface area contributed by atoms with Gasteiger partial charge in [0, 0.05) is 4.88 Å². The minimum atomic E-state index is -1.11. The van der Waals surface area contributed by atoms with E-state index in [1.807, 2.05) is 20.8 Å². The molecular formula is C12H17NO4S. The summed E-state index contributed by atoms with van der Waals surface area (Å²) in [5, 5.41) is 9.18. The Balaban J connectivity index is 3.09. The van der Waals surface area contributed by atoms with Crippen LogP contribution in [0, 0.1) is 5.41 Å². The molecule has 0 bridgehead atoms. The van der Waals surface area contributed by atoms with Gasteiger partial charge in [-0.25, -0.2) is 14.6 Å². The summed E-state index contributed by atoms with van der Waals surface area (Å²) >= 11 is 1.10. The standard InChI is InChI=1S/C12H17NO4S/c1-5-17-11(16)9-13-8(10(14)15)7(18-9)6-12(2,3)4/h5-6H2,1-4H3,(H,14,15). The summed E-state index contributed by atoms with van der Waals surface area (Å²) < 4.78 is 4.82. The van der Waals surface area contributed by atoms with Gasteiger partial charge in [-0.3, -0.25) is 0 Å². The van der Waals surface area contributed by atoms with Crippen molar-refractivity contribution in [2.24, 2.45) is 5.41 Å². The highest BCUT2D eigenvalue weighted by molar-refractivity contribution is 7.13. The highest BCUT2D eigenvalue weighted by Crippen LogP contribution is 2.28. The van der Waals surface area contributed by atoms with Gasteiger partial charge >= 0.3 is 11.9 Å². The molecule has 6 heteroatoms. The molecule has 0 atom stereocenters. The first kappa shape index (κ1) is 14.6. The van der Waals surface area contributed by atoms with Crippen LogP contribution in [0.25, 0.3) is 0 Å². The van der Waals surface area contributed by atoms with Crippen molar-refractivity contribution in [1.82, 2.24) is 4.98 Å². The molecule has 0 aliphatic rings. The van der Waals surface area contributed by atoms with Crippen molar-refractivity contribution >= 4 is 23.3 Å². The molecular weight excluding hydrogens is 254 g/mol. The number of hydrogen-bond acceptors (Lipinski definition) is 5. The highest BCUT2D eigenvalue weighted by Gasteiger charge is 2.25. The number of ether oxygens (including phenoxy) is 1. The maximum Gasteiger partial charge on any atom is 0.367 e. The van der Waals surface area contributed by atoms with E-state index >= 15 is 0 Å². The van der Waals surface area contributed by atoms with Crippen molar-refractivity contribution in [3.05, 3.63) is 15.6 Å². The Hall–Kier alpha value is -1.43. The zero-order valence-corrected chi connectivity index (χ0v) is 11.8. The molecule has 0 amide bonds. The number of carbonyl (C=O) groups excluding carboxylic acids is 1. The number of thiazole rings is 1. The van der Waals surface area contributed by atoms with E-state index < -0.39 is 11.9 Å². The maximum atomic E-state index is 11.5. The molecule has 0 spiro atoms. The monoisotopic (exact) mass is 271 g/mol. The van der Waals surface area contributed by atoms with E-state index in [4.69, 9.17) is 9.84 Å². The lowest BCUT2D eigenvalue weighted by Gasteiger charge is -2.16. The number of carboxylic acid groups (broad SMARTS) is 1. The van der Waals surface area contributed by atoms with Gasteiger partial charge in [-0.05, 0) is 18.8 Å². The van der Waals surface area contributed by atoms with Gasteiger partial charge in [0.15, 0.2) is 5.69 Å². The van der Waals surface area contributed by atoms with Crippen molar-refractivity contribution in [2.45, 2.75) is 34.1 Å². The van der Waals surface area contributed by atoms with Crippen LogP contribution in [0.1, 0.15) is 52.9 Å². The van der Waals surface area contributed by atoms with Gasteiger partial charge in [0.25, 0.3) is 0 Å². The second-order valence-corrected chi connectivity index (χ2v) is 6.14. The summed E-state index contributed by atoms with van der Waals surface area (Å²) in [6.45, 7) is 7.95. The summed E-state index contributed by atoms with van der Waals surface area (Å²) in [4.78, 5) is 27.1. The predicted molar refractivity (Wildman–Crippen MR) is 68.2 cm³/mol. The molecule has 0 radical (unpaired) electrons. The van der Waals surface area contributed by atoms with Crippen molar-refractivity contribution < 1.29 is 19.4 Å². The van der Waals surface area contributed by atoms with Crippen LogP contribution in [0.3, 0.4) is 0 Å². The van der Waals surface area contributed by atoms with E-state index in [0.717, 1.165) is 11.3 Å². The van der Waals surface area contributed by atoms with Crippen LogP contribution in [-0.2, 0) is 11.2 Å². The minimum absolute atomic E-state index is 0.0435. The van der Waals surface area contributed by atoms with Crippen LogP contribution in [0.15, 0.2) is 0 Å². The Morgan fingerprint density at radius 2 is 2.00 bits per heavy atom. The third-order valence-electron chi connectivity index (χ3n) is 2.04. The van der Waals surface area contributed by atoms with Crippen LogP contribution in [0.2, 0.25) is 0 Å². The van der Waals surface area contributed by atoms with Crippen molar-refractivity contribution in [3.63, 3.8) is 0 Å². The number of aromatic carboxylic acids is 1. The molecule has 1 rings (SSSR count). The lowest BCUT2D eigenvalue weighted by molar-refractivity contribution is 0.0526.